The minimum absolute atomic E-state index is 0.112. The predicted molar refractivity (Wildman–Crippen MR) is 117 cm³/mol. The number of anilines is 1. The van der Waals surface area contributed by atoms with Crippen molar-refractivity contribution in [2.45, 2.75) is 0 Å². The van der Waals surface area contributed by atoms with Gasteiger partial charge in [-0.15, -0.1) is 10.2 Å². The van der Waals surface area contributed by atoms with Crippen LogP contribution in [0, 0.1) is 0 Å². The molecule has 30 heavy (non-hydrogen) atoms. The van der Waals surface area contributed by atoms with Crippen LogP contribution in [0.2, 0.25) is 0 Å². The van der Waals surface area contributed by atoms with Gasteiger partial charge in [0.25, 0.3) is 5.91 Å². The van der Waals surface area contributed by atoms with Gasteiger partial charge >= 0.3 is 0 Å². The standard InChI is InChI=1S/C24H22N4O2/c1-28(21-10-6-3-7-11-21)17-16-25-22(29)18-12-14-20(15-13-18)24-27-26-23(30-24)19-8-4-2-5-9-19/h2-15H,16-17H2,1H3,(H,25,29). The predicted octanol–water partition coefficient (Wildman–Crippen LogP) is 4.27. The van der Waals surface area contributed by atoms with Crippen LogP contribution in [-0.2, 0) is 0 Å². The van der Waals surface area contributed by atoms with E-state index >= 15 is 0 Å². The lowest BCUT2D eigenvalue weighted by Crippen LogP contribution is -2.32. The summed E-state index contributed by atoms with van der Waals surface area (Å²) < 4.78 is 5.76. The molecular formula is C24H22N4O2. The number of hydrogen-bond acceptors (Lipinski definition) is 5. The summed E-state index contributed by atoms with van der Waals surface area (Å²) in [4.78, 5) is 14.5. The van der Waals surface area contributed by atoms with Gasteiger partial charge in [0, 0.05) is 42.5 Å². The second-order valence-corrected chi connectivity index (χ2v) is 6.87. The van der Waals surface area contributed by atoms with Gasteiger partial charge in [0.05, 0.1) is 0 Å². The number of nitrogens with one attached hydrogen (secondary N) is 1. The Hall–Kier alpha value is -3.93. The number of carbonyl (C=O) groups excluding carboxylic acids is 1. The van der Waals surface area contributed by atoms with E-state index in [4.69, 9.17) is 4.42 Å². The summed E-state index contributed by atoms with van der Waals surface area (Å²) in [6.07, 6.45) is 0. The Morgan fingerprint density at radius 3 is 2.03 bits per heavy atom. The maximum atomic E-state index is 12.4. The number of benzene rings is 3. The molecule has 1 heterocycles. The fourth-order valence-corrected chi connectivity index (χ4v) is 3.05. The lowest BCUT2D eigenvalue weighted by atomic mass is 10.1. The maximum Gasteiger partial charge on any atom is 0.251 e. The van der Waals surface area contributed by atoms with Crippen LogP contribution in [0.1, 0.15) is 10.4 Å². The third kappa shape index (κ3) is 4.55. The molecule has 0 aliphatic rings. The number of aromatic nitrogens is 2. The van der Waals surface area contributed by atoms with Gasteiger partial charge in [-0.1, -0.05) is 36.4 Å². The van der Waals surface area contributed by atoms with Crippen molar-refractivity contribution in [2.24, 2.45) is 0 Å². The molecule has 150 valence electrons. The van der Waals surface area contributed by atoms with Gasteiger partial charge in [-0.25, -0.2) is 0 Å². The van der Waals surface area contributed by atoms with Gasteiger partial charge in [-0.3, -0.25) is 4.79 Å². The molecule has 4 aromatic rings. The van der Waals surface area contributed by atoms with E-state index in [0.717, 1.165) is 23.4 Å². The third-order valence-corrected chi connectivity index (χ3v) is 4.77. The van der Waals surface area contributed by atoms with Gasteiger partial charge < -0.3 is 14.6 Å². The molecule has 6 heteroatoms. The number of amides is 1. The lowest BCUT2D eigenvalue weighted by Gasteiger charge is -2.19. The van der Waals surface area contributed by atoms with E-state index < -0.39 is 0 Å². The van der Waals surface area contributed by atoms with Crippen molar-refractivity contribution in [3.05, 3.63) is 90.5 Å². The lowest BCUT2D eigenvalue weighted by molar-refractivity contribution is 0.0954. The number of para-hydroxylation sites is 1. The Labute approximate surface area is 175 Å². The molecule has 0 unspecified atom stereocenters. The highest BCUT2D eigenvalue weighted by Crippen LogP contribution is 2.23. The summed E-state index contributed by atoms with van der Waals surface area (Å²) in [6.45, 7) is 1.27. The first-order valence-electron chi connectivity index (χ1n) is 9.74. The molecule has 4 rings (SSSR count). The van der Waals surface area contributed by atoms with Gasteiger partial charge in [-0.05, 0) is 48.5 Å². The zero-order valence-electron chi connectivity index (χ0n) is 16.7. The Morgan fingerprint density at radius 2 is 1.40 bits per heavy atom. The highest BCUT2D eigenvalue weighted by atomic mass is 16.4. The van der Waals surface area contributed by atoms with E-state index in [2.05, 4.69) is 20.4 Å². The van der Waals surface area contributed by atoms with Crippen molar-refractivity contribution >= 4 is 11.6 Å². The third-order valence-electron chi connectivity index (χ3n) is 4.77. The molecule has 1 N–H and O–H groups in total. The first-order valence-corrected chi connectivity index (χ1v) is 9.74. The normalized spacial score (nSPS) is 10.6. The van der Waals surface area contributed by atoms with Crippen LogP contribution < -0.4 is 10.2 Å². The van der Waals surface area contributed by atoms with E-state index in [1.54, 1.807) is 12.1 Å². The molecule has 0 atom stereocenters. The Bertz CT molecular complexity index is 1090. The molecule has 0 saturated heterocycles. The van der Waals surface area contributed by atoms with E-state index in [9.17, 15) is 4.79 Å². The zero-order valence-corrected chi connectivity index (χ0v) is 16.7. The molecule has 0 aliphatic carbocycles. The molecule has 0 fully saturated rings. The molecule has 0 aliphatic heterocycles. The average molecular weight is 398 g/mol. The number of nitrogens with zero attached hydrogens (tertiary/aromatic N) is 3. The summed E-state index contributed by atoms with van der Waals surface area (Å²) in [5.74, 6) is 0.777. The van der Waals surface area contributed by atoms with Gasteiger partial charge in [0.1, 0.15) is 0 Å². The fourth-order valence-electron chi connectivity index (χ4n) is 3.05. The quantitative estimate of drug-likeness (QED) is 0.503. The minimum atomic E-state index is -0.112. The summed E-state index contributed by atoms with van der Waals surface area (Å²) in [5, 5.41) is 11.2. The summed E-state index contributed by atoms with van der Waals surface area (Å²) >= 11 is 0. The highest BCUT2D eigenvalue weighted by molar-refractivity contribution is 5.94. The second kappa shape index (κ2) is 9.05. The van der Waals surface area contributed by atoms with Crippen molar-refractivity contribution in [2.75, 3.05) is 25.0 Å². The molecule has 1 amide bonds. The minimum Gasteiger partial charge on any atom is -0.416 e. The molecule has 6 nitrogen and oxygen atoms in total. The largest absolute Gasteiger partial charge is 0.416 e. The van der Waals surface area contributed by atoms with Crippen molar-refractivity contribution in [3.63, 3.8) is 0 Å². The molecule has 0 bridgehead atoms. The van der Waals surface area contributed by atoms with Crippen molar-refractivity contribution in [1.29, 1.82) is 0 Å². The van der Waals surface area contributed by atoms with Gasteiger partial charge in [-0.2, -0.15) is 0 Å². The van der Waals surface area contributed by atoms with Crippen molar-refractivity contribution in [1.82, 2.24) is 15.5 Å². The number of rotatable bonds is 7. The summed E-state index contributed by atoms with van der Waals surface area (Å²) in [5.41, 5.74) is 3.34. The summed E-state index contributed by atoms with van der Waals surface area (Å²) in [7, 11) is 2.00. The molecule has 0 spiro atoms. The van der Waals surface area contributed by atoms with Crippen LogP contribution in [0.4, 0.5) is 5.69 Å². The molecule has 3 aromatic carbocycles. The van der Waals surface area contributed by atoms with Crippen LogP contribution in [-0.4, -0.2) is 36.2 Å². The first-order chi connectivity index (χ1) is 14.7. The Morgan fingerprint density at radius 1 is 0.833 bits per heavy atom. The van der Waals surface area contributed by atoms with Crippen LogP contribution in [0.15, 0.2) is 89.3 Å². The van der Waals surface area contributed by atoms with Crippen molar-refractivity contribution in [3.8, 4) is 22.9 Å². The molecule has 1 aromatic heterocycles. The van der Waals surface area contributed by atoms with E-state index in [-0.39, 0.29) is 5.91 Å². The second-order valence-electron chi connectivity index (χ2n) is 6.87. The highest BCUT2D eigenvalue weighted by Gasteiger charge is 2.12. The number of likely N-dealkylation sites (N-methyl/N-ethyl adjacent to an activating group) is 1. The number of hydrogen-bond donors (Lipinski definition) is 1. The molecule has 0 saturated carbocycles. The smallest absolute Gasteiger partial charge is 0.251 e. The van der Waals surface area contributed by atoms with Crippen LogP contribution >= 0.6 is 0 Å². The van der Waals surface area contributed by atoms with E-state index in [0.29, 0.717) is 23.9 Å². The molecule has 0 radical (unpaired) electrons. The SMILES string of the molecule is CN(CCNC(=O)c1ccc(-c2nnc(-c3ccccc3)o2)cc1)c1ccccc1. The fraction of sp³-hybridized carbons (Fsp3) is 0.125. The van der Waals surface area contributed by atoms with E-state index in [1.807, 2.05) is 79.8 Å². The van der Waals surface area contributed by atoms with Crippen molar-refractivity contribution < 1.29 is 9.21 Å². The van der Waals surface area contributed by atoms with Gasteiger partial charge in [0.15, 0.2) is 0 Å². The maximum absolute atomic E-state index is 12.4. The van der Waals surface area contributed by atoms with Crippen LogP contribution in [0.5, 0.6) is 0 Å². The summed E-state index contributed by atoms with van der Waals surface area (Å²) in [6, 6.07) is 26.8. The monoisotopic (exact) mass is 398 g/mol. The van der Waals surface area contributed by atoms with Crippen LogP contribution in [0.3, 0.4) is 0 Å². The zero-order chi connectivity index (χ0) is 20.8. The van der Waals surface area contributed by atoms with Gasteiger partial charge in [0.2, 0.25) is 11.8 Å². The van der Waals surface area contributed by atoms with Crippen LogP contribution in [0.25, 0.3) is 22.9 Å². The van der Waals surface area contributed by atoms with E-state index in [1.165, 1.54) is 0 Å². The topological polar surface area (TPSA) is 71.3 Å². The Kier molecular flexibility index (Phi) is 5.85. The first kappa shape index (κ1) is 19.4. The average Bonchev–Trinajstić information content (AvgIpc) is 3.30. The number of carbonyl (C=O) groups is 1. The Balaban J connectivity index is 1.34. The molecular weight excluding hydrogens is 376 g/mol.